The largest absolute Gasteiger partial charge is 0.338 e. The van der Waals surface area contributed by atoms with Gasteiger partial charge in [-0.2, -0.15) is 0 Å². The normalized spacial score (nSPS) is 17.5. The number of imide groups is 1. The fraction of sp³-hybridized carbons (Fsp3) is 0.240. The summed E-state index contributed by atoms with van der Waals surface area (Å²) in [5, 5.41) is 3.80. The van der Waals surface area contributed by atoms with Gasteiger partial charge < -0.3 is 14.8 Å². The minimum Gasteiger partial charge on any atom is -0.338 e. The third-order valence-electron chi connectivity index (χ3n) is 6.41. The molecule has 2 aromatic carbocycles. The maximum absolute atomic E-state index is 13.0. The van der Waals surface area contributed by atoms with Crippen LogP contribution in [0.2, 0.25) is 0 Å². The van der Waals surface area contributed by atoms with E-state index in [9.17, 15) is 14.4 Å². The minimum atomic E-state index is -0.392. The van der Waals surface area contributed by atoms with E-state index in [-0.39, 0.29) is 17.8 Å². The number of rotatable bonds is 4. The van der Waals surface area contributed by atoms with Crippen molar-refractivity contribution < 1.29 is 14.4 Å². The van der Waals surface area contributed by atoms with Crippen LogP contribution in [0.4, 0.5) is 10.5 Å². The van der Waals surface area contributed by atoms with Crippen molar-refractivity contribution in [2.75, 3.05) is 18.9 Å². The molecule has 1 unspecified atom stereocenters. The summed E-state index contributed by atoms with van der Waals surface area (Å²) < 4.78 is 2.17. The Kier molecular flexibility index (Phi) is 4.62. The molecule has 4 amide bonds. The highest BCUT2D eigenvalue weighted by atomic mass is 16.2. The second-order valence-electron chi connectivity index (χ2n) is 8.47. The summed E-state index contributed by atoms with van der Waals surface area (Å²) in [6, 6.07) is 13.8. The average molecular weight is 428 g/mol. The summed E-state index contributed by atoms with van der Waals surface area (Å²) in [5.41, 5.74) is 5.84. The zero-order valence-corrected chi connectivity index (χ0v) is 18.1. The number of urea groups is 1. The summed E-state index contributed by atoms with van der Waals surface area (Å²) in [5.74, 6) is -0.849. The molecule has 162 valence electrons. The van der Waals surface area contributed by atoms with Gasteiger partial charge in [-0.15, -0.1) is 0 Å². The zero-order chi connectivity index (χ0) is 22.6. The molecular weight excluding hydrogens is 404 g/mol. The smallest absolute Gasteiger partial charge is 0.326 e. The first-order valence-corrected chi connectivity index (χ1v) is 10.6. The molecule has 5 rings (SSSR count). The van der Waals surface area contributed by atoms with Gasteiger partial charge in [0.2, 0.25) is 11.8 Å². The number of hydrogen-bond acceptors (Lipinski definition) is 3. The number of likely N-dealkylation sites (N-methyl/N-ethyl adjacent to an activating group) is 1. The first-order valence-electron chi connectivity index (χ1n) is 10.6. The van der Waals surface area contributed by atoms with Crippen LogP contribution < -0.4 is 5.32 Å². The molecule has 7 nitrogen and oxygen atoms in total. The molecular formula is C25H24N4O3. The summed E-state index contributed by atoms with van der Waals surface area (Å²) in [4.78, 5) is 40.5. The Labute approximate surface area is 185 Å². The van der Waals surface area contributed by atoms with Crippen LogP contribution in [-0.4, -0.2) is 45.8 Å². The van der Waals surface area contributed by atoms with Crippen molar-refractivity contribution in [1.82, 2.24) is 14.4 Å². The van der Waals surface area contributed by atoms with E-state index >= 15 is 0 Å². The molecule has 1 aromatic heterocycles. The van der Waals surface area contributed by atoms with Gasteiger partial charge in [-0.1, -0.05) is 42.5 Å². The summed E-state index contributed by atoms with van der Waals surface area (Å²) in [6.45, 7) is 7.00. The topological polar surface area (TPSA) is 74.7 Å². The molecule has 1 saturated heterocycles. The SMILES string of the molecule is C=CC(=O)Nc1ccc2c3c(n(Cc4ccc(C)cc4)c2c1)CN1CC3C(=O)N(C)C1=O. The van der Waals surface area contributed by atoms with Crippen LogP contribution in [-0.2, 0) is 22.7 Å². The van der Waals surface area contributed by atoms with Crippen LogP contribution in [0.3, 0.4) is 0 Å². The lowest BCUT2D eigenvalue weighted by Crippen LogP contribution is -2.56. The number of hydrogen-bond donors (Lipinski definition) is 1. The Hall–Kier alpha value is -3.87. The van der Waals surface area contributed by atoms with Crippen molar-refractivity contribution in [3.8, 4) is 0 Å². The Bertz CT molecular complexity index is 1290. The summed E-state index contributed by atoms with van der Waals surface area (Å²) >= 11 is 0. The molecule has 7 heteroatoms. The molecule has 32 heavy (non-hydrogen) atoms. The fourth-order valence-corrected chi connectivity index (χ4v) is 4.76. The number of aryl methyl sites for hydroxylation is 1. The Morgan fingerprint density at radius 1 is 1.19 bits per heavy atom. The minimum absolute atomic E-state index is 0.175. The van der Waals surface area contributed by atoms with E-state index in [0.29, 0.717) is 25.3 Å². The van der Waals surface area contributed by atoms with E-state index in [2.05, 4.69) is 40.7 Å². The first kappa shape index (κ1) is 20.1. The summed E-state index contributed by atoms with van der Waals surface area (Å²) in [7, 11) is 1.54. The quantitative estimate of drug-likeness (QED) is 0.645. The van der Waals surface area contributed by atoms with Gasteiger partial charge in [0.15, 0.2) is 0 Å². The third kappa shape index (κ3) is 3.09. The number of anilines is 1. The number of amides is 4. The van der Waals surface area contributed by atoms with Crippen molar-refractivity contribution in [2.24, 2.45) is 0 Å². The molecule has 1 N–H and O–H groups in total. The van der Waals surface area contributed by atoms with Gasteiger partial charge in [-0.25, -0.2) is 4.79 Å². The van der Waals surface area contributed by atoms with Gasteiger partial charge in [-0.3, -0.25) is 14.5 Å². The van der Waals surface area contributed by atoms with Gasteiger partial charge in [-0.05, 0) is 36.3 Å². The highest BCUT2D eigenvalue weighted by Crippen LogP contribution is 2.41. The Balaban J connectivity index is 1.70. The third-order valence-corrected chi connectivity index (χ3v) is 6.41. The lowest BCUT2D eigenvalue weighted by atomic mass is 9.89. The van der Waals surface area contributed by atoms with Gasteiger partial charge in [0.1, 0.15) is 0 Å². The first-order chi connectivity index (χ1) is 15.4. The lowest BCUT2D eigenvalue weighted by molar-refractivity contribution is -0.132. The number of aromatic nitrogens is 1. The molecule has 2 aliphatic heterocycles. The molecule has 2 bridgehead atoms. The zero-order valence-electron chi connectivity index (χ0n) is 18.1. The molecule has 2 aliphatic rings. The number of carbonyl (C=O) groups is 3. The molecule has 0 saturated carbocycles. The highest BCUT2D eigenvalue weighted by Gasteiger charge is 2.44. The number of nitrogens with zero attached hydrogens (tertiary/aromatic N) is 3. The second-order valence-corrected chi connectivity index (χ2v) is 8.47. The monoisotopic (exact) mass is 428 g/mol. The van der Waals surface area contributed by atoms with Crippen molar-refractivity contribution in [3.05, 3.63) is 77.5 Å². The maximum Gasteiger partial charge on any atom is 0.326 e. The second kappa shape index (κ2) is 7.37. The molecule has 0 spiro atoms. The molecule has 1 fully saturated rings. The Morgan fingerprint density at radius 3 is 2.66 bits per heavy atom. The van der Waals surface area contributed by atoms with E-state index in [1.54, 1.807) is 11.9 Å². The maximum atomic E-state index is 13.0. The molecule has 3 aromatic rings. The van der Waals surface area contributed by atoms with Crippen LogP contribution in [0, 0.1) is 6.92 Å². The Morgan fingerprint density at radius 2 is 1.94 bits per heavy atom. The molecule has 3 heterocycles. The van der Waals surface area contributed by atoms with Crippen LogP contribution in [0.1, 0.15) is 28.3 Å². The van der Waals surface area contributed by atoms with Crippen molar-refractivity contribution in [1.29, 1.82) is 0 Å². The van der Waals surface area contributed by atoms with E-state index < -0.39 is 5.92 Å². The van der Waals surface area contributed by atoms with Crippen LogP contribution >= 0.6 is 0 Å². The van der Waals surface area contributed by atoms with Gasteiger partial charge in [0.25, 0.3) is 0 Å². The van der Waals surface area contributed by atoms with Gasteiger partial charge in [0, 0.05) is 36.9 Å². The standard InChI is InChI=1S/C25H24N4O3/c1-4-22(30)26-17-9-10-18-20(11-17)29(12-16-7-5-15(2)6-8-16)21-14-28-13-19(23(18)21)24(31)27(3)25(28)32/h4-11,19H,1,12-14H2,2-3H3,(H,26,30). The van der Waals surface area contributed by atoms with E-state index in [1.807, 2.05) is 25.1 Å². The predicted molar refractivity (Wildman–Crippen MR) is 122 cm³/mol. The number of benzene rings is 2. The fourth-order valence-electron chi connectivity index (χ4n) is 4.76. The highest BCUT2D eigenvalue weighted by molar-refractivity contribution is 6.05. The van der Waals surface area contributed by atoms with Crippen molar-refractivity contribution in [3.63, 3.8) is 0 Å². The molecule has 0 aliphatic carbocycles. The number of nitrogens with one attached hydrogen (secondary N) is 1. The number of carbonyl (C=O) groups excluding carboxylic acids is 3. The summed E-state index contributed by atoms with van der Waals surface area (Å²) in [6.07, 6.45) is 1.23. The van der Waals surface area contributed by atoms with Crippen LogP contribution in [0.25, 0.3) is 10.9 Å². The predicted octanol–water partition coefficient (Wildman–Crippen LogP) is 3.61. The van der Waals surface area contributed by atoms with E-state index in [1.165, 1.54) is 16.5 Å². The van der Waals surface area contributed by atoms with Crippen molar-refractivity contribution in [2.45, 2.75) is 25.9 Å². The van der Waals surface area contributed by atoms with Gasteiger partial charge >= 0.3 is 6.03 Å². The van der Waals surface area contributed by atoms with Crippen LogP contribution in [0.15, 0.2) is 55.1 Å². The average Bonchev–Trinajstić information content (AvgIpc) is 3.10. The molecule has 1 atom stereocenters. The number of fused-ring (bicyclic) bond motifs is 6. The van der Waals surface area contributed by atoms with E-state index in [0.717, 1.165) is 27.7 Å². The van der Waals surface area contributed by atoms with Crippen LogP contribution in [0.5, 0.6) is 0 Å². The van der Waals surface area contributed by atoms with Crippen molar-refractivity contribution >= 4 is 34.4 Å². The molecule has 0 radical (unpaired) electrons. The lowest BCUT2D eigenvalue weighted by Gasteiger charge is -2.41. The van der Waals surface area contributed by atoms with Gasteiger partial charge in [0.05, 0.1) is 18.0 Å². The van der Waals surface area contributed by atoms with E-state index in [4.69, 9.17) is 0 Å².